The zero-order valence-corrected chi connectivity index (χ0v) is 11.9. The fourth-order valence-electron chi connectivity index (χ4n) is 1.90. The summed E-state index contributed by atoms with van der Waals surface area (Å²) in [7, 11) is 0. The van der Waals surface area contributed by atoms with Gasteiger partial charge in [-0.1, -0.05) is 27.7 Å². The van der Waals surface area contributed by atoms with Gasteiger partial charge in [0.05, 0.1) is 10.7 Å². The van der Waals surface area contributed by atoms with Crippen LogP contribution >= 0.6 is 11.3 Å². The van der Waals surface area contributed by atoms with E-state index in [2.05, 4.69) is 50.3 Å². The number of rotatable bonds is 6. The van der Waals surface area contributed by atoms with Gasteiger partial charge in [-0.3, -0.25) is 0 Å². The smallest absolute Gasteiger partial charge is 0.0897 e. The van der Waals surface area contributed by atoms with E-state index in [1.165, 1.54) is 10.7 Å². The maximum Gasteiger partial charge on any atom is 0.0897 e. The van der Waals surface area contributed by atoms with E-state index in [4.69, 9.17) is 0 Å². The molecule has 0 saturated heterocycles. The Labute approximate surface area is 103 Å². The minimum atomic E-state index is 0.548. The number of aryl methyl sites for hydroxylation is 1. The summed E-state index contributed by atoms with van der Waals surface area (Å²) in [6.07, 6.45) is 1.05. The van der Waals surface area contributed by atoms with Crippen molar-refractivity contribution in [3.05, 3.63) is 16.1 Å². The minimum absolute atomic E-state index is 0.548. The number of hydrogen-bond donors (Lipinski definition) is 1. The van der Waals surface area contributed by atoms with Crippen LogP contribution < -0.4 is 5.32 Å². The second kappa shape index (κ2) is 6.36. The Kier molecular flexibility index (Phi) is 5.42. The maximum atomic E-state index is 4.55. The van der Waals surface area contributed by atoms with Crippen LogP contribution in [-0.2, 0) is 6.42 Å². The topological polar surface area (TPSA) is 24.9 Å². The molecule has 1 heterocycles. The molecule has 0 aromatic carbocycles. The molecule has 2 nitrogen and oxygen atoms in total. The van der Waals surface area contributed by atoms with E-state index in [9.17, 15) is 0 Å². The quantitative estimate of drug-likeness (QED) is 0.825. The van der Waals surface area contributed by atoms with Crippen LogP contribution in [0.5, 0.6) is 0 Å². The zero-order valence-electron chi connectivity index (χ0n) is 11.1. The predicted octanol–water partition coefficient (Wildman–Crippen LogP) is 3.26. The molecule has 92 valence electrons. The largest absolute Gasteiger partial charge is 0.314 e. The number of thiazole rings is 1. The maximum absolute atomic E-state index is 4.55. The highest BCUT2D eigenvalue weighted by molar-refractivity contribution is 7.09. The summed E-state index contributed by atoms with van der Waals surface area (Å²) in [6.45, 7) is 12.2. The molecule has 0 amide bonds. The average Bonchev–Trinajstić information content (AvgIpc) is 2.62. The monoisotopic (exact) mass is 240 g/mol. The van der Waals surface area contributed by atoms with Gasteiger partial charge in [-0.25, -0.2) is 4.98 Å². The molecule has 0 saturated carbocycles. The molecule has 0 bridgehead atoms. The highest BCUT2D eigenvalue weighted by Crippen LogP contribution is 2.19. The van der Waals surface area contributed by atoms with Crippen LogP contribution in [0, 0.1) is 18.8 Å². The molecule has 0 aliphatic carbocycles. The van der Waals surface area contributed by atoms with Crippen molar-refractivity contribution in [2.75, 3.05) is 6.54 Å². The third-order valence-electron chi connectivity index (χ3n) is 3.25. The van der Waals surface area contributed by atoms with Crippen LogP contribution in [0.3, 0.4) is 0 Å². The van der Waals surface area contributed by atoms with Crippen LogP contribution in [0.25, 0.3) is 0 Å². The summed E-state index contributed by atoms with van der Waals surface area (Å²) in [5.41, 5.74) is 1.24. The first-order chi connectivity index (χ1) is 7.54. The number of likely N-dealkylation sites (N-methyl/N-ethyl adjacent to an activating group) is 1. The first-order valence-corrected chi connectivity index (χ1v) is 7.07. The van der Waals surface area contributed by atoms with Crippen LogP contribution in [0.1, 0.15) is 38.4 Å². The summed E-state index contributed by atoms with van der Waals surface area (Å²) in [4.78, 5) is 4.55. The van der Waals surface area contributed by atoms with Crippen molar-refractivity contribution in [1.29, 1.82) is 0 Å². The molecule has 16 heavy (non-hydrogen) atoms. The number of nitrogens with one attached hydrogen (secondary N) is 1. The molecular weight excluding hydrogens is 216 g/mol. The molecule has 3 heteroatoms. The summed E-state index contributed by atoms with van der Waals surface area (Å²) in [5.74, 6) is 1.39. The molecule has 2 atom stereocenters. The number of nitrogens with zero attached hydrogens (tertiary/aromatic N) is 1. The van der Waals surface area contributed by atoms with Crippen LogP contribution in [0.15, 0.2) is 5.38 Å². The van der Waals surface area contributed by atoms with E-state index >= 15 is 0 Å². The molecule has 0 fully saturated rings. The van der Waals surface area contributed by atoms with Gasteiger partial charge in [0, 0.05) is 17.8 Å². The third-order valence-corrected chi connectivity index (χ3v) is 4.07. The molecule has 0 aliphatic rings. The van der Waals surface area contributed by atoms with Crippen LogP contribution in [0.4, 0.5) is 0 Å². The van der Waals surface area contributed by atoms with Crippen molar-refractivity contribution in [2.45, 2.75) is 47.1 Å². The van der Waals surface area contributed by atoms with Crippen molar-refractivity contribution in [2.24, 2.45) is 11.8 Å². The highest BCUT2D eigenvalue weighted by atomic mass is 32.1. The Hall–Kier alpha value is -0.410. The summed E-state index contributed by atoms with van der Waals surface area (Å²) in [5, 5.41) is 6.94. The molecule has 0 aliphatic heterocycles. The molecule has 0 spiro atoms. The van der Waals surface area contributed by atoms with Crippen molar-refractivity contribution in [1.82, 2.24) is 10.3 Å². The lowest BCUT2D eigenvalue weighted by Crippen LogP contribution is -2.39. The van der Waals surface area contributed by atoms with E-state index in [-0.39, 0.29) is 0 Å². The Balaban J connectivity index is 2.63. The summed E-state index contributed by atoms with van der Waals surface area (Å²) < 4.78 is 0. The molecule has 1 aromatic rings. The van der Waals surface area contributed by atoms with E-state index in [1.54, 1.807) is 11.3 Å². The Morgan fingerprint density at radius 1 is 1.38 bits per heavy atom. The first kappa shape index (κ1) is 13.7. The number of hydrogen-bond acceptors (Lipinski definition) is 3. The summed E-state index contributed by atoms with van der Waals surface area (Å²) in [6, 6.07) is 0.548. The normalized spacial score (nSPS) is 15.4. The second-order valence-corrected chi connectivity index (χ2v) is 5.89. The first-order valence-electron chi connectivity index (χ1n) is 6.19. The van der Waals surface area contributed by atoms with Crippen molar-refractivity contribution in [3.8, 4) is 0 Å². The van der Waals surface area contributed by atoms with Crippen molar-refractivity contribution in [3.63, 3.8) is 0 Å². The molecular formula is C13H24N2S. The fourth-order valence-corrected chi connectivity index (χ4v) is 2.52. The third kappa shape index (κ3) is 3.87. The molecule has 2 unspecified atom stereocenters. The van der Waals surface area contributed by atoms with E-state index in [0.29, 0.717) is 17.9 Å². The molecule has 1 N–H and O–H groups in total. The van der Waals surface area contributed by atoms with Crippen molar-refractivity contribution < 1.29 is 0 Å². The van der Waals surface area contributed by atoms with Crippen LogP contribution in [0.2, 0.25) is 0 Å². The van der Waals surface area contributed by atoms with E-state index in [0.717, 1.165) is 13.0 Å². The highest BCUT2D eigenvalue weighted by Gasteiger charge is 2.20. The molecule has 1 rings (SSSR count). The minimum Gasteiger partial charge on any atom is -0.314 e. The lowest BCUT2D eigenvalue weighted by Gasteiger charge is -2.27. The lowest BCUT2D eigenvalue weighted by atomic mass is 9.88. The predicted molar refractivity (Wildman–Crippen MR) is 72.0 cm³/mol. The van der Waals surface area contributed by atoms with Gasteiger partial charge in [0.2, 0.25) is 0 Å². The second-order valence-electron chi connectivity index (χ2n) is 4.83. The fraction of sp³-hybridized carbons (Fsp3) is 0.769. The van der Waals surface area contributed by atoms with Crippen LogP contribution in [-0.4, -0.2) is 17.6 Å². The average molecular weight is 240 g/mol. The van der Waals surface area contributed by atoms with Gasteiger partial charge in [-0.05, 0) is 25.3 Å². The molecule has 0 radical (unpaired) electrons. The van der Waals surface area contributed by atoms with Gasteiger partial charge in [0.25, 0.3) is 0 Å². The Bertz CT molecular complexity index is 307. The van der Waals surface area contributed by atoms with Gasteiger partial charge < -0.3 is 5.32 Å². The summed E-state index contributed by atoms with van der Waals surface area (Å²) >= 11 is 1.75. The van der Waals surface area contributed by atoms with Crippen molar-refractivity contribution >= 4 is 11.3 Å². The van der Waals surface area contributed by atoms with Gasteiger partial charge in [-0.15, -0.1) is 11.3 Å². The molecule has 1 aromatic heterocycles. The van der Waals surface area contributed by atoms with Gasteiger partial charge >= 0.3 is 0 Å². The Morgan fingerprint density at radius 2 is 2.06 bits per heavy atom. The zero-order chi connectivity index (χ0) is 12.1. The van der Waals surface area contributed by atoms with Gasteiger partial charge in [0.15, 0.2) is 0 Å². The standard InChI is InChI=1S/C13H24N2S/c1-6-14-13(10(4)9(2)3)7-12-8-16-11(5)15-12/h8-10,13-14H,6-7H2,1-5H3. The van der Waals surface area contributed by atoms with E-state index < -0.39 is 0 Å². The Morgan fingerprint density at radius 3 is 2.50 bits per heavy atom. The SMILES string of the molecule is CCNC(Cc1csc(C)n1)C(C)C(C)C. The number of aromatic nitrogens is 1. The van der Waals surface area contributed by atoms with Gasteiger partial charge in [0.1, 0.15) is 0 Å². The van der Waals surface area contributed by atoms with E-state index in [1.807, 2.05) is 0 Å². The van der Waals surface area contributed by atoms with Gasteiger partial charge in [-0.2, -0.15) is 0 Å². The lowest BCUT2D eigenvalue weighted by molar-refractivity contribution is 0.299.